The van der Waals surface area contributed by atoms with Crippen molar-refractivity contribution in [2.45, 2.75) is 13.8 Å². The summed E-state index contributed by atoms with van der Waals surface area (Å²) < 4.78 is 0. The first kappa shape index (κ1) is 23.5. The van der Waals surface area contributed by atoms with Crippen LogP contribution in [0.5, 0.6) is 0 Å². The summed E-state index contributed by atoms with van der Waals surface area (Å²) in [4.78, 5) is 0. The zero-order valence-electron chi connectivity index (χ0n) is 5.42. The van der Waals surface area contributed by atoms with Crippen LogP contribution in [0, 0.1) is 0 Å². The van der Waals surface area contributed by atoms with Gasteiger partial charge in [-0.15, -0.1) is 24.0 Å². The highest BCUT2D eigenvalue weighted by molar-refractivity contribution is 14.0. The molecule has 0 saturated heterocycles. The van der Waals surface area contributed by atoms with E-state index in [0.717, 1.165) is 0 Å². The van der Waals surface area contributed by atoms with Crippen molar-refractivity contribution in [1.82, 2.24) is 6.15 Å². The van der Waals surface area contributed by atoms with Crippen molar-refractivity contribution in [2.24, 2.45) is 0 Å². The molecule has 0 rings (SSSR count). The maximum absolute atomic E-state index is 7.57. The van der Waals surface area contributed by atoms with E-state index in [1.165, 1.54) is 0 Å². The van der Waals surface area contributed by atoms with Crippen LogP contribution in [0.2, 0.25) is 0 Å². The zero-order chi connectivity index (χ0) is 5.41. The second-order valence-electron chi connectivity index (χ2n) is 0.632. The molecule has 0 unspecified atom stereocenters. The summed E-state index contributed by atoms with van der Waals surface area (Å²) in [5.41, 5.74) is 0. The molecule has 0 heterocycles. The minimum absolute atomic E-state index is 0. The Hall–Kier alpha value is 0.610. The number of halogens is 1. The lowest BCUT2D eigenvalue weighted by Gasteiger charge is -1.52. The first-order valence-electron chi connectivity index (χ1n) is 2.05. The minimum Gasteiger partial charge on any atom is -0.397 e. The monoisotopic (exact) mass is 237 g/mol. The van der Waals surface area contributed by atoms with E-state index in [0.29, 0.717) is 0 Å². The van der Waals surface area contributed by atoms with E-state index in [2.05, 4.69) is 0 Å². The summed E-state index contributed by atoms with van der Waals surface area (Å²) in [7, 11) is 0. The summed E-state index contributed by atoms with van der Waals surface area (Å²) in [6.45, 7) is 3.86. The van der Waals surface area contributed by atoms with Crippen molar-refractivity contribution in [1.29, 1.82) is 0 Å². The molecule has 5 N–H and O–H groups in total. The van der Waals surface area contributed by atoms with E-state index < -0.39 is 0 Å². The van der Waals surface area contributed by atoms with Crippen molar-refractivity contribution in [2.75, 3.05) is 13.2 Å². The van der Waals surface area contributed by atoms with Gasteiger partial charge in [0.2, 0.25) is 0 Å². The molecular weight excluding hydrogens is 221 g/mol. The summed E-state index contributed by atoms with van der Waals surface area (Å²) in [5.74, 6) is 0. The van der Waals surface area contributed by atoms with Gasteiger partial charge in [0.25, 0.3) is 0 Å². The van der Waals surface area contributed by atoms with Crippen LogP contribution in [0.25, 0.3) is 0 Å². The summed E-state index contributed by atoms with van der Waals surface area (Å²) >= 11 is 0. The fraction of sp³-hybridized carbons (Fsp3) is 1.00. The second kappa shape index (κ2) is 48.8. The van der Waals surface area contributed by atoms with Gasteiger partial charge in [-0.25, -0.2) is 0 Å². The molecule has 0 aromatic rings. The van der Waals surface area contributed by atoms with Crippen LogP contribution in [0.15, 0.2) is 0 Å². The molecule has 0 aliphatic heterocycles. The quantitative estimate of drug-likeness (QED) is 0.545. The van der Waals surface area contributed by atoms with E-state index >= 15 is 0 Å². The summed E-state index contributed by atoms with van der Waals surface area (Å²) in [5, 5.41) is 15.1. The minimum atomic E-state index is 0. The van der Waals surface area contributed by atoms with Crippen LogP contribution in [0.4, 0.5) is 0 Å². The molecule has 0 amide bonds. The Bertz CT molecular complexity index is 16.0. The van der Waals surface area contributed by atoms with Crippen LogP contribution in [-0.2, 0) is 0 Å². The first-order valence-corrected chi connectivity index (χ1v) is 2.05. The van der Waals surface area contributed by atoms with E-state index in [9.17, 15) is 0 Å². The number of aliphatic hydroxyl groups is 2. The molecule has 0 radical (unpaired) electrons. The lowest BCUT2D eigenvalue weighted by Crippen LogP contribution is -1.57. The van der Waals surface area contributed by atoms with E-state index in [1.54, 1.807) is 13.8 Å². The Morgan fingerprint density at radius 1 is 1.00 bits per heavy atom. The molecule has 0 fully saturated rings. The third-order valence-electron chi connectivity index (χ3n) is 0. The average Bonchev–Trinajstić information content (AvgIpc) is 1.39. The van der Waals surface area contributed by atoms with Crippen molar-refractivity contribution in [3.63, 3.8) is 0 Å². The Morgan fingerprint density at radius 2 is 1.00 bits per heavy atom. The van der Waals surface area contributed by atoms with Gasteiger partial charge in [0, 0.05) is 13.2 Å². The van der Waals surface area contributed by atoms with Crippen LogP contribution in [0.1, 0.15) is 13.8 Å². The molecule has 4 heteroatoms. The molecule has 0 aromatic carbocycles. The van der Waals surface area contributed by atoms with E-state index in [1.807, 2.05) is 0 Å². The lowest BCUT2D eigenvalue weighted by molar-refractivity contribution is 0.318. The Kier molecular flexibility index (Phi) is 143. The molecule has 0 saturated carbocycles. The van der Waals surface area contributed by atoms with Gasteiger partial charge in [-0.3, -0.25) is 0 Å². The van der Waals surface area contributed by atoms with Gasteiger partial charge in [0.05, 0.1) is 0 Å². The number of aliphatic hydroxyl groups excluding tert-OH is 2. The van der Waals surface area contributed by atoms with Crippen molar-refractivity contribution in [3.05, 3.63) is 0 Å². The van der Waals surface area contributed by atoms with Crippen LogP contribution < -0.4 is 6.15 Å². The average molecular weight is 237 g/mol. The van der Waals surface area contributed by atoms with Gasteiger partial charge in [0.15, 0.2) is 0 Å². The van der Waals surface area contributed by atoms with E-state index in [-0.39, 0.29) is 43.3 Å². The zero-order valence-corrected chi connectivity index (χ0v) is 7.75. The topological polar surface area (TPSA) is 75.5 Å². The number of hydrogen-bond acceptors (Lipinski definition) is 3. The fourth-order valence-corrected chi connectivity index (χ4v) is 0. The lowest BCUT2D eigenvalue weighted by atomic mass is 10.9. The molecule has 3 nitrogen and oxygen atoms in total. The molecule has 8 heavy (non-hydrogen) atoms. The van der Waals surface area contributed by atoms with Gasteiger partial charge in [0.1, 0.15) is 0 Å². The molecule has 0 bridgehead atoms. The first-order chi connectivity index (χ1) is 2.83. The van der Waals surface area contributed by atoms with Gasteiger partial charge < -0.3 is 16.4 Å². The highest BCUT2D eigenvalue weighted by Gasteiger charge is 1.34. The smallest absolute Gasteiger partial charge is 0.0402 e. The van der Waals surface area contributed by atoms with Gasteiger partial charge in [-0.1, -0.05) is 0 Å². The van der Waals surface area contributed by atoms with Crippen molar-refractivity contribution in [3.8, 4) is 0 Å². The van der Waals surface area contributed by atoms with Crippen LogP contribution in [0.3, 0.4) is 0 Å². The standard InChI is InChI=1S/2C2H6O.HI.H3N/c2*1-2-3;;/h2*3H,2H2,1H3;1H;1H3. The maximum Gasteiger partial charge on any atom is 0.0402 e. The molecule has 0 aliphatic rings. The van der Waals surface area contributed by atoms with Gasteiger partial charge >= 0.3 is 0 Å². The van der Waals surface area contributed by atoms with Crippen molar-refractivity contribution < 1.29 is 10.2 Å². The maximum atomic E-state index is 7.57. The molecule has 0 aromatic heterocycles. The summed E-state index contributed by atoms with van der Waals surface area (Å²) in [6, 6.07) is 0. The third-order valence-corrected chi connectivity index (χ3v) is 0. The summed E-state index contributed by atoms with van der Waals surface area (Å²) in [6.07, 6.45) is 0. The van der Waals surface area contributed by atoms with E-state index in [4.69, 9.17) is 10.2 Å². The highest BCUT2D eigenvalue weighted by atomic mass is 127. The Balaban J connectivity index is -0.0000000160. The Labute approximate surface area is 67.7 Å². The predicted molar refractivity (Wildman–Crippen MR) is 46.0 cm³/mol. The largest absolute Gasteiger partial charge is 0.397 e. The Morgan fingerprint density at radius 3 is 1.00 bits per heavy atom. The molecule has 0 aliphatic carbocycles. The number of rotatable bonds is 0. The normalized spacial score (nSPS) is 4.50. The van der Waals surface area contributed by atoms with Gasteiger partial charge in [-0.2, -0.15) is 0 Å². The molecule has 0 atom stereocenters. The SMILES string of the molecule is CCO.CCO.I.N. The molecule has 0 spiro atoms. The molecular formula is C4H16INO2. The fourth-order valence-electron chi connectivity index (χ4n) is 0. The van der Waals surface area contributed by atoms with Gasteiger partial charge in [-0.05, 0) is 13.8 Å². The molecule has 56 valence electrons. The number of hydrogen-bond donors (Lipinski definition) is 3. The van der Waals surface area contributed by atoms with Crippen molar-refractivity contribution >= 4 is 24.0 Å². The second-order valence-corrected chi connectivity index (χ2v) is 0.632. The highest BCUT2D eigenvalue weighted by Crippen LogP contribution is 1.30. The van der Waals surface area contributed by atoms with Crippen LogP contribution >= 0.6 is 24.0 Å². The predicted octanol–water partition coefficient (Wildman–Crippen LogP) is 0.777. The van der Waals surface area contributed by atoms with Crippen LogP contribution in [-0.4, -0.2) is 23.4 Å². The third kappa shape index (κ3) is 559.